The van der Waals surface area contributed by atoms with E-state index in [0.29, 0.717) is 11.5 Å². The van der Waals surface area contributed by atoms with Gasteiger partial charge in [-0.3, -0.25) is 9.78 Å². The van der Waals surface area contributed by atoms with E-state index in [2.05, 4.69) is 17.2 Å². The maximum atomic E-state index is 12.1. The van der Waals surface area contributed by atoms with Crippen molar-refractivity contribution in [3.63, 3.8) is 0 Å². The monoisotopic (exact) mass is 264 g/mol. The Kier molecular flexibility index (Phi) is 4.04. The van der Waals surface area contributed by atoms with E-state index in [1.165, 1.54) is 18.5 Å². The Morgan fingerprint density at radius 1 is 1.47 bits per heavy atom. The van der Waals surface area contributed by atoms with Crippen LogP contribution in [0.2, 0.25) is 0 Å². The summed E-state index contributed by atoms with van der Waals surface area (Å²) in [4.78, 5) is 15.9. The number of aromatic nitrogens is 1. The van der Waals surface area contributed by atoms with Gasteiger partial charge in [0.2, 0.25) is 0 Å². The van der Waals surface area contributed by atoms with Crippen LogP contribution < -0.4 is 5.32 Å². The van der Waals surface area contributed by atoms with Crippen molar-refractivity contribution in [3.8, 4) is 5.75 Å². The van der Waals surface area contributed by atoms with Gasteiger partial charge in [-0.2, -0.15) is 0 Å². The summed E-state index contributed by atoms with van der Waals surface area (Å²) in [5.74, 6) is 0.300. The zero-order valence-corrected chi connectivity index (χ0v) is 11.1. The van der Waals surface area contributed by atoms with E-state index in [1.54, 1.807) is 0 Å². The Bertz CT molecular complexity index is 454. The fraction of sp³-hybridized carbons (Fsp3) is 0.571. The molecule has 0 radical (unpaired) electrons. The lowest BCUT2D eigenvalue weighted by Gasteiger charge is -2.38. The maximum absolute atomic E-state index is 12.1. The Morgan fingerprint density at radius 2 is 2.16 bits per heavy atom. The summed E-state index contributed by atoms with van der Waals surface area (Å²) >= 11 is 0. The van der Waals surface area contributed by atoms with E-state index in [1.807, 2.05) is 0 Å². The fourth-order valence-electron chi connectivity index (χ4n) is 2.50. The first-order valence-electron chi connectivity index (χ1n) is 6.62. The molecule has 5 heteroatoms. The average Bonchev–Trinajstić information content (AvgIpc) is 2.42. The SMILES string of the molecule is CC1CCC(CO)(NC(=O)c2cncc(O)c2)CC1. The molecule has 0 atom stereocenters. The molecule has 104 valence electrons. The Labute approximate surface area is 112 Å². The van der Waals surface area contributed by atoms with Gasteiger partial charge in [-0.05, 0) is 37.7 Å². The van der Waals surface area contributed by atoms with Crippen LogP contribution in [0.3, 0.4) is 0 Å². The molecule has 1 heterocycles. The van der Waals surface area contributed by atoms with Crippen molar-refractivity contribution in [2.45, 2.75) is 38.1 Å². The number of aliphatic hydroxyl groups excluding tert-OH is 1. The molecule has 1 aliphatic carbocycles. The molecular weight excluding hydrogens is 244 g/mol. The van der Waals surface area contributed by atoms with Crippen LogP contribution in [0.25, 0.3) is 0 Å². The molecule has 0 unspecified atom stereocenters. The highest BCUT2D eigenvalue weighted by atomic mass is 16.3. The van der Waals surface area contributed by atoms with Gasteiger partial charge in [0.25, 0.3) is 5.91 Å². The number of rotatable bonds is 3. The smallest absolute Gasteiger partial charge is 0.253 e. The zero-order chi connectivity index (χ0) is 13.9. The molecule has 0 bridgehead atoms. The molecule has 0 aliphatic heterocycles. The number of carbonyl (C=O) groups is 1. The number of hydrogen-bond acceptors (Lipinski definition) is 4. The standard InChI is InChI=1S/C14H20N2O3/c1-10-2-4-14(9-17,5-3-10)16-13(19)11-6-12(18)8-15-7-11/h6-8,10,17-18H,2-5,9H2,1H3,(H,16,19). The second-order valence-electron chi connectivity index (χ2n) is 5.51. The van der Waals surface area contributed by atoms with Crippen molar-refractivity contribution in [2.75, 3.05) is 6.61 Å². The van der Waals surface area contributed by atoms with E-state index in [-0.39, 0.29) is 18.3 Å². The highest BCUT2D eigenvalue weighted by molar-refractivity contribution is 5.94. The van der Waals surface area contributed by atoms with Gasteiger partial charge in [0.05, 0.1) is 23.9 Å². The fourth-order valence-corrected chi connectivity index (χ4v) is 2.50. The maximum Gasteiger partial charge on any atom is 0.253 e. The van der Waals surface area contributed by atoms with Crippen LogP contribution in [0.5, 0.6) is 5.75 Å². The van der Waals surface area contributed by atoms with E-state index in [0.717, 1.165) is 25.7 Å². The van der Waals surface area contributed by atoms with Gasteiger partial charge < -0.3 is 15.5 Å². The van der Waals surface area contributed by atoms with Gasteiger partial charge in [-0.1, -0.05) is 6.92 Å². The van der Waals surface area contributed by atoms with Crippen molar-refractivity contribution in [3.05, 3.63) is 24.0 Å². The normalized spacial score (nSPS) is 26.9. The average molecular weight is 264 g/mol. The second kappa shape index (κ2) is 5.57. The van der Waals surface area contributed by atoms with Gasteiger partial charge in [0.1, 0.15) is 5.75 Å². The van der Waals surface area contributed by atoms with Crippen molar-refractivity contribution >= 4 is 5.91 Å². The second-order valence-corrected chi connectivity index (χ2v) is 5.51. The number of pyridine rings is 1. The van der Waals surface area contributed by atoms with Crippen LogP contribution in [0.4, 0.5) is 0 Å². The number of hydrogen-bond donors (Lipinski definition) is 3. The summed E-state index contributed by atoms with van der Waals surface area (Å²) in [5, 5.41) is 21.8. The predicted octanol–water partition coefficient (Wildman–Crippen LogP) is 1.46. The molecule has 0 aromatic carbocycles. The zero-order valence-electron chi connectivity index (χ0n) is 11.1. The topological polar surface area (TPSA) is 82.5 Å². The number of aliphatic hydroxyl groups is 1. The van der Waals surface area contributed by atoms with Gasteiger partial charge in [0, 0.05) is 6.20 Å². The van der Waals surface area contributed by atoms with Gasteiger partial charge in [-0.25, -0.2) is 0 Å². The van der Waals surface area contributed by atoms with Crippen molar-refractivity contribution in [1.29, 1.82) is 0 Å². The molecule has 0 spiro atoms. The quantitative estimate of drug-likeness (QED) is 0.772. The lowest BCUT2D eigenvalue weighted by Crippen LogP contribution is -2.53. The third kappa shape index (κ3) is 3.23. The summed E-state index contributed by atoms with van der Waals surface area (Å²) in [7, 11) is 0. The first-order chi connectivity index (χ1) is 9.04. The third-order valence-corrected chi connectivity index (χ3v) is 3.90. The van der Waals surface area contributed by atoms with E-state index in [9.17, 15) is 15.0 Å². The minimum atomic E-state index is -0.533. The summed E-state index contributed by atoms with van der Waals surface area (Å²) in [6, 6.07) is 1.37. The summed E-state index contributed by atoms with van der Waals surface area (Å²) in [6.07, 6.45) is 6.25. The highest BCUT2D eigenvalue weighted by Gasteiger charge is 2.35. The third-order valence-electron chi connectivity index (χ3n) is 3.90. The molecule has 2 rings (SSSR count). The number of carbonyl (C=O) groups excluding carboxylic acids is 1. The molecule has 19 heavy (non-hydrogen) atoms. The molecule has 5 nitrogen and oxygen atoms in total. The lowest BCUT2D eigenvalue weighted by atomic mass is 9.77. The van der Waals surface area contributed by atoms with Gasteiger partial charge in [0.15, 0.2) is 0 Å². The first kappa shape index (κ1) is 13.8. The minimum absolute atomic E-state index is 0.0389. The van der Waals surface area contributed by atoms with Gasteiger partial charge in [-0.15, -0.1) is 0 Å². The largest absolute Gasteiger partial charge is 0.506 e. The molecule has 1 aromatic rings. The van der Waals surface area contributed by atoms with Crippen LogP contribution in [-0.4, -0.2) is 33.3 Å². The number of nitrogens with zero attached hydrogens (tertiary/aromatic N) is 1. The van der Waals surface area contributed by atoms with E-state index in [4.69, 9.17) is 0 Å². The van der Waals surface area contributed by atoms with Crippen LogP contribution in [0.1, 0.15) is 43.0 Å². The predicted molar refractivity (Wildman–Crippen MR) is 70.8 cm³/mol. The molecule has 1 fully saturated rings. The van der Waals surface area contributed by atoms with E-state index < -0.39 is 5.54 Å². The first-order valence-corrected chi connectivity index (χ1v) is 6.62. The molecule has 0 saturated heterocycles. The number of aromatic hydroxyl groups is 1. The van der Waals surface area contributed by atoms with Crippen LogP contribution in [0, 0.1) is 5.92 Å². The Balaban J connectivity index is 2.08. The van der Waals surface area contributed by atoms with Crippen LogP contribution >= 0.6 is 0 Å². The highest BCUT2D eigenvalue weighted by Crippen LogP contribution is 2.31. The lowest BCUT2D eigenvalue weighted by molar-refractivity contribution is 0.0716. The molecule has 1 amide bonds. The summed E-state index contributed by atoms with van der Waals surface area (Å²) in [5.41, 5.74) is -0.221. The number of nitrogens with one attached hydrogen (secondary N) is 1. The summed E-state index contributed by atoms with van der Waals surface area (Å²) < 4.78 is 0. The minimum Gasteiger partial charge on any atom is -0.506 e. The molecule has 3 N–H and O–H groups in total. The van der Waals surface area contributed by atoms with Crippen molar-refractivity contribution in [2.24, 2.45) is 5.92 Å². The van der Waals surface area contributed by atoms with Crippen molar-refractivity contribution < 1.29 is 15.0 Å². The van der Waals surface area contributed by atoms with Crippen LogP contribution in [0.15, 0.2) is 18.5 Å². The summed E-state index contributed by atoms with van der Waals surface area (Å²) in [6.45, 7) is 2.12. The Hall–Kier alpha value is -1.62. The van der Waals surface area contributed by atoms with Gasteiger partial charge >= 0.3 is 0 Å². The van der Waals surface area contributed by atoms with Crippen LogP contribution in [-0.2, 0) is 0 Å². The van der Waals surface area contributed by atoms with E-state index >= 15 is 0 Å². The Morgan fingerprint density at radius 3 is 2.74 bits per heavy atom. The number of amides is 1. The van der Waals surface area contributed by atoms with Crippen molar-refractivity contribution in [1.82, 2.24) is 10.3 Å². The molecule has 1 aromatic heterocycles. The molecular formula is C14H20N2O3. The molecule has 1 saturated carbocycles. The molecule has 1 aliphatic rings.